The lowest BCUT2D eigenvalue weighted by atomic mass is 10.0. The van der Waals surface area contributed by atoms with Gasteiger partial charge in [0.15, 0.2) is 0 Å². The van der Waals surface area contributed by atoms with Gasteiger partial charge in [0.25, 0.3) is 0 Å². The number of hydrogen-bond donors (Lipinski definition) is 1. The zero-order valence-corrected chi connectivity index (χ0v) is 9.61. The Bertz CT molecular complexity index is 316. The lowest BCUT2D eigenvalue weighted by Gasteiger charge is -2.28. The average molecular weight is 204 g/mol. The third-order valence-corrected chi connectivity index (χ3v) is 3.28. The van der Waals surface area contributed by atoms with Gasteiger partial charge < -0.3 is 5.73 Å². The molecule has 0 amide bonds. The summed E-state index contributed by atoms with van der Waals surface area (Å²) in [5, 5.41) is 0. The number of hydrogen-bond acceptors (Lipinski definition) is 2. The molecule has 0 spiro atoms. The minimum absolute atomic E-state index is 0.602. The fourth-order valence-electron chi connectivity index (χ4n) is 2.48. The predicted octanol–water partition coefficient (Wildman–Crippen LogP) is 2.81. The quantitative estimate of drug-likeness (QED) is 0.751. The Balaban J connectivity index is 2.19. The Morgan fingerprint density at radius 2 is 1.93 bits per heavy atom. The van der Waals surface area contributed by atoms with E-state index in [1.807, 2.05) is 12.1 Å². The van der Waals surface area contributed by atoms with E-state index < -0.39 is 0 Å². The van der Waals surface area contributed by atoms with Crippen molar-refractivity contribution in [3.05, 3.63) is 29.8 Å². The van der Waals surface area contributed by atoms with E-state index in [-0.39, 0.29) is 0 Å². The van der Waals surface area contributed by atoms with Crippen molar-refractivity contribution in [3.8, 4) is 0 Å². The van der Waals surface area contributed by atoms with Gasteiger partial charge in [-0.2, -0.15) is 0 Å². The Morgan fingerprint density at radius 3 is 2.53 bits per heavy atom. The molecule has 0 aliphatic carbocycles. The van der Waals surface area contributed by atoms with E-state index in [9.17, 15) is 0 Å². The maximum absolute atomic E-state index is 5.71. The average Bonchev–Trinajstić information content (AvgIpc) is 2.67. The highest BCUT2D eigenvalue weighted by Crippen LogP contribution is 2.33. The molecular weight excluding hydrogens is 184 g/mol. The van der Waals surface area contributed by atoms with Crippen molar-refractivity contribution in [2.45, 2.75) is 38.8 Å². The second kappa shape index (κ2) is 4.23. The van der Waals surface area contributed by atoms with Gasteiger partial charge in [-0.25, -0.2) is 0 Å². The highest BCUT2D eigenvalue weighted by Gasteiger charge is 2.27. The van der Waals surface area contributed by atoms with Gasteiger partial charge in [0, 0.05) is 17.8 Å². The molecule has 1 aliphatic heterocycles. The highest BCUT2D eigenvalue weighted by atomic mass is 15.2. The smallest absolute Gasteiger partial charge is 0.0351 e. The van der Waals surface area contributed by atoms with Gasteiger partial charge >= 0.3 is 0 Å². The van der Waals surface area contributed by atoms with Crippen LogP contribution in [0.3, 0.4) is 0 Å². The van der Waals surface area contributed by atoms with Crippen LogP contribution in [-0.4, -0.2) is 17.5 Å². The first-order valence-corrected chi connectivity index (χ1v) is 5.79. The van der Waals surface area contributed by atoms with E-state index in [2.05, 4.69) is 30.9 Å². The van der Waals surface area contributed by atoms with Crippen molar-refractivity contribution in [3.63, 3.8) is 0 Å². The minimum atomic E-state index is 0.602. The number of nitrogen functional groups attached to an aromatic ring is 1. The first-order chi connectivity index (χ1) is 7.18. The molecule has 1 unspecified atom stereocenters. The van der Waals surface area contributed by atoms with Gasteiger partial charge in [-0.3, -0.25) is 4.90 Å². The Morgan fingerprint density at radius 1 is 1.27 bits per heavy atom. The van der Waals surface area contributed by atoms with Gasteiger partial charge in [0.05, 0.1) is 0 Å². The Hall–Kier alpha value is -1.02. The van der Waals surface area contributed by atoms with Crippen LogP contribution in [0.2, 0.25) is 0 Å². The van der Waals surface area contributed by atoms with Crippen molar-refractivity contribution < 1.29 is 0 Å². The van der Waals surface area contributed by atoms with Crippen LogP contribution in [0.4, 0.5) is 5.69 Å². The summed E-state index contributed by atoms with van der Waals surface area (Å²) in [6.45, 7) is 5.78. The minimum Gasteiger partial charge on any atom is -0.399 e. The summed E-state index contributed by atoms with van der Waals surface area (Å²) in [6.07, 6.45) is 2.59. The molecule has 1 heterocycles. The topological polar surface area (TPSA) is 29.3 Å². The van der Waals surface area contributed by atoms with E-state index in [0.29, 0.717) is 12.1 Å². The van der Waals surface area contributed by atoms with Gasteiger partial charge in [-0.05, 0) is 50.9 Å². The summed E-state index contributed by atoms with van der Waals surface area (Å²) in [7, 11) is 0. The lowest BCUT2D eigenvalue weighted by Crippen LogP contribution is -2.30. The van der Waals surface area contributed by atoms with Crippen LogP contribution in [0, 0.1) is 0 Å². The molecule has 1 fully saturated rings. The molecule has 2 N–H and O–H groups in total. The van der Waals surface area contributed by atoms with Gasteiger partial charge in [0.2, 0.25) is 0 Å². The molecule has 2 heteroatoms. The molecule has 2 nitrogen and oxygen atoms in total. The maximum atomic E-state index is 5.71. The molecule has 15 heavy (non-hydrogen) atoms. The number of nitrogens with two attached hydrogens (primary N) is 1. The van der Waals surface area contributed by atoms with Crippen LogP contribution in [0.5, 0.6) is 0 Å². The summed E-state index contributed by atoms with van der Waals surface area (Å²) in [6, 6.07) is 9.58. The van der Waals surface area contributed by atoms with Crippen molar-refractivity contribution in [1.82, 2.24) is 4.90 Å². The number of nitrogens with zero attached hydrogens (tertiary/aromatic N) is 1. The normalized spacial score (nSPS) is 22.5. The predicted molar refractivity (Wildman–Crippen MR) is 64.7 cm³/mol. The molecule has 1 aliphatic rings. The van der Waals surface area contributed by atoms with E-state index in [1.54, 1.807) is 0 Å². The number of likely N-dealkylation sites (tertiary alicyclic amines) is 1. The van der Waals surface area contributed by atoms with Gasteiger partial charge in [-0.1, -0.05) is 12.1 Å². The van der Waals surface area contributed by atoms with E-state index >= 15 is 0 Å². The maximum Gasteiger partial charge on any atom is 0.0351 e. The molecule has 1 aromatic rings. The lowest BCUT2D eigenvalue weighted by molar-refractivity contribution is 0.205. The standard InChI is InChI=1S/C13H20N2/c1-10(2)15-9-3-4-13(15)11-5-7-12(14)8-6-11/h5-8,10,13H,3-4,9,14H2,1-2H3. The third-order valence-electron chi connectivity index (χ3n) is 3.28. The second-order valence-corrected chi connectivity index (χ2v) is 4.66. The van der Waals surface area contributed by atoms with Gasteiger partial charge in [-0.15, -0.1) is 0 Å². The Labute approximate surface area is 92.1 Å². The van der Waals surface area contributed by atoms with Crippen molar-refractivity contribution in [1.29, 1.82) is 0 Å². The van der Waals surface area contributed by atoms with Gasteiger partial charge in [0.1, 0.15) is 0 Å². The summed E-state index contributed by atoms with van der Waals surface area (Å²) >= 11 is 0. The largest absolute Gasteiger partial charge is 0.399 e. The molecule has 0 bridgehead atoms. The molecule has 82 valence electrons. The first-order valence-electron chi connectivity index (χ1n) is 5.79. The van der Waals surface area contributed by atoms with Crippen molar-refractivity contribution in [2.24, 2.45) is 0 Å². The molecular formula is C13H20N2. The van der Waals surface area contributed by atoms with E-state index in [4.69, 9.17) is 5.73 Å². The molecule has 0 saturated carbocycles. The molecule has 1 aromatic carbocycles. The summed E-state index contributed by atoms with van der Waals surface area (Å²) in [4.78, 5) is 2.57. The third kappa shape index (κ3) is 2.15. The summed E-state index contributed by atoms with van der Waals surface area (Å²) < 4.78 is 0. The van der Waals surface area contributed by atoms with Crippen molar-refractivity contribution in [2.75, 3.05) is 12.3 Å². The zero-order chi connectivity index (χ0) is 10.8. The fourth-order valence-corrected chi connectivity index (χ4v) is 2.48. The SMILES string of the molecule is CC(C)N1CCCC1c1ccc(N)cc1. The van der Waals surface area contributed by atoms with E-state index in [0.717, 1.165) is 5.69 Å². The molecule has 1 saturated heterocycles. The summed E-state index contributed by atoms with van der Waals surface area (Å²) in [5.41, 5.74) is 7.97. The Kier molecular flexibility index (Phi) is 2.96. The molecule has 0 aromatic heterocycles. The van der Waals surface area contributed by atoms with Crippen molar-refractivity contribution >= 4 is 5.69 Å². The monoisotopic (exact) mass is 204 g/mol. The van der Waals surface area contributed by atoms with E-state index in [1.165, 1.54) is 24.9 Å². The summed E-state index contributed by atoms with van der Waals surface area (Å²) in [5.74, 6) is 0. The van der Waals surface area contributed by atoms with Crippen LogP contribution in [0.25, 0.3) is 0 Å². The van der Waals surface area contributed by atoms with Crippen LogP contribution in [0.1, 0.15) is 38.3 Å². The number of anilines is 1. The zero-order valence-electron chi connectivity index (χ0n) is 9.61. The second-order valence-electron chi connectivity index (χ2n) is 4.66. The first kappa shape index (κ1) is 10.5. The van der Waals surface area contributed by atoms with Crippen LogP contribution in [0.15, 0.2) is 24.3 Å². The molecule has 0 radical (unpaired) electrons. The number of benzene rings is 1. The number of rotatable bonds is 2. The van der Waals surface area contributed by atoms with Crippen LogP contribution >= 0.6 is 0 Å². The molecule has 1 atom stereocenters. The fraction of sp³-hybridized carbons (Fsp3) is 0.538. The van der Waals surface area contributed by atoms with Crippen LogP contribution in [-0.2, 0) is 0 Å². The molecule has 2 rings (SSSR count). The van der Waals surface area contributed by atoms with Crippen LogP contribution < -0.4 is 5.73 Å². The highest BCUT2D eigenvalue weighted by molar-refractivity contribution is 5.40.